The van der Waals surface area contributed by atoms with Crippen molar-refractivity contribution in [1.29, 1.82) is 0 Å². The average Bonchev–Trinajstić information content (AvgIpc) is 2.77. The molecule has 0 saturated heterocycles. The molecule has 4 N–H and O–H groups in total. The Morgan fingerprint density at radius 3 is 2.69 bits per heavy atom. The summed E-state index contributed by atoms with van der Waals surface area (Å²) >= 11 is 0. The van der Waals surface area contributed by atoms with Gasteiger partial charge in [0, 0.05) is 19.3 Å². The minimum absolute atomic E-state index is 0.147. The Bertz CT molecular complexity index is 435. The van der Waals surface area contributed by atoms with Gasteiger partial charge in [-0.3, -0.25) is 0 Å². The van der Waals surface area contributed by atoms with Crippen LogP contribution in [0, 0.1) is 0 Å². The molecule has 0 spiro atoms. The molecule has 0 amide bonds. The molecule has 1 atom stereocenters. The van der Waals surface area contributed by atoms with Crippen molar-refractivity contribution in [2.75, 3.05) is 6.54 Å². The molecule has 1 aromatic heterocycles. The lowest BCUT2D eigenvalue weighted by Gasteiger charge is -2.12. The van der Waals surface area contributed by atoms with Crippen LogP contribution in [0.15, 0.2) is 42.9 Å². The van der Waals surface area contributed by atoms with Crippen LogP contribution in [0.3, 0.4) is 0 Å². The number of nitrogens with zero attached hydrogens (tertiary/aromatic N) is 2. The molecule has 1 heterocycles. The van der Waals surface area contributed by atoms with E-state index < -0.39 is 0 Å². The molecule has 0 aliphatic heterocycles. The molecule has 4 nitrogen and oxygen atoms in total. The fraction of sp³-hybridized carbons (Fsp3) is 0.250. The van der Waals surface area contributed by atoms with E-state index in [0.717, 1.165) is 12.2 Å². The lowest BCUT2D eigenvalue weighted by atomic mass is 10.2. The Hall–Kier alpha value is -1.65. The van der Waals surface area contributed by atoms with E-state index in [9.17, 15) is 0 Å². The fourth-order valence-corrected chi connectivity index (χ4v) is 1.67. The van der Waals surface area contributed by atoms with Gasteiger partial charge in [0.15, 0.2) is 0 Å². The topological polar surface area (TPSA) is 69.9 Å². The summed E-state index contributed by atoms with van der Waals surface area (Å²) in [4.78, 5) is 4.11. The van der Waals surface area contributed by atoms with Crippen LogP contribution in [0.1, 0.15) is 17.3 Å². The van der Waals surface area contributed by atoms with E-state index in [1.807, 2.05) is 22.8 Å². The van der Waals surface area contributed by atoms with E-state index in [4.69, 9.17) is 11.5 Å². The van der Waals surface area contributed by atoms with E-state index in [-0.39, 0.29) is 6.04 Å². The van der Waals surface area contributed by atoms with Crippen LogP contribution in [-0.2, 0) is 6.54 Å². The maximum Gasteiger partial charge on any atom is 0.0951 e. The Morgan fingerprint density at radius 1 is 1.25 bits per heavy atom. The molecule has 1 aromatic carbocycles. The first-order chi connectivity index (χ1) is 7.81. The van der Waals surface area contributed by atoms with Gasteiger partial charge in [-0.1, -0.05) is 30.3 Å². The van der Waals surface area contributed by atoms with Gasteiger partial charge >= 0.3 is 0 Å². The first-order valence-corrected chi connectivity index (χ1v) is 5.31. The minimum Gasteiger partial charge on any atom is -0.329 e. The van der Waals surface area contributed by atoms with Gasteiger partial charge in [0.25, 0.3) is 0 Å². The molecule has 0 aliphatic carbocycles. The second-order valence-electron chi connectivity index (χ2n) is 3.77. The lowest BCUT2D eigenvalue weighted by Crippen LogP contribution is -2.23. The second-order valence-corrected chi connectivity index (χ2v) is 3.77. The summed E-state index contributed by atoms with van der Waals surface area (Å²) < 4.78 is 2.03. The first kappa shape index (κ1) is 10.9. The van der Waals surface area contributed by atoms with Crippen molar-refractivity contribution in [3.63, 3.8) is 0 Å². The van der Waals surface area contributed by atoms with Crippen molar-refractivity contribution in [2.24, 2.45) is 11.5 Å². The minimum atomic E-state index is -0.147. The van der Waals surface area contributed by atoms with Gasteiger partial charge in [-0.15, -0.1) is 0 Å². The van der Waals surface area contributed by atoms with Crippen LogP contribution in [0.5, 0.6) is 0 Å². The van der Waals surface area contributed by atoms with E-state index in [1.54, 1.807) is 12.5 Å². The number of hydrogen-bond donors (Lipinski definition) is 2. The number of nitrogens with two attached hydrogens (primary N) is 2. The first-order valence-electron chi connectivity index (χ1n) is 5.31. The van der Waals surface area contributed by atoms with Gasteiger partial charge in [0.1, 0.15) is 0 Å². The van der Waals surface area contributed by atoms with Gasteiger partial charge in [-0.25, -0.2) is 4.98 Å². The Morgan fingerprint density at radius 2 is 2.00 bits per heavy atom. The van der Waals surface area contributed by atoms with Crippen molar-refractivity contribution < 1.29 is 0 Å². The average molecular weight is 216 g/mol. The number of imidazole rings is 1. The molecule has 2 aromatic rings. The van der Waals surface area contributed by atoms with E-state index in [2.05, 4.69) is 17.1 Å². The fourth-order valence-electron chi connectivity index (χ4n) is 1.67. The van der Waals surface area contributed by atoms with Crippen molar-refractivity contribution >= 4 is 0 Å². The number of benzene rings is 1. The van der Waals surface area contributed by atoms with Crippen molar-refractivity contribution in [3.05, 3.63) is 54.1 Å². The van der Waals surface area contributed by atoms with Crippen molar-refractivity contribution in [1.82, 2.24) is 9.55 Å². The summed E-state index contributed by atoms with van der Waals surface area (Å²) in [6, 6.07) is 10.1. The quantitative estimate of drug-likeness (QED) is 0.797. The highest BCUT2D eigenvalue weighted by Crippen LogP contribution is 2.11. The Kier molecular flexibility index (Phi) is 3.34. The van der Waals surface area contributed by atoms with E-state index >= 15 is 0 Å². The third-order valence-electron chi connectivity index (χ3n) is 2.57. The second kappa shape index (κ2) is 4.92. The molecular formula is C12H16N4. The maximum absolute atomic E-state index is 5.91. The van der Waals surface area contributed by atoms with Crippen LogP contribution < -0.4 is 11.5 Å². The molecule has 0 aliphatic rings. The molecule has 84 valence electrons. The zero-order valence-electron chi connectivity index (χ0n) is 9.08. The zero-order chi connectivity index (χ0) is 11.4. The highest BCUT2D eigenvalue weighted by Gasteiger charge is 2.09. The van der Waals surface area contributed by atoms with Crippen LogP contribution in [0.25, 0.3) is 0 Å². The van der Waals surface area contributed by atoms with Crippen LogP contribution in [-0.4, -0.2) is 16.1 Å². The number of aromatic nitrogens is 2. The van der Waals surface area contributed by atoms with Crippen LogP contribution in [0.2, 0.25) is 0 Å². The summed E-state index contributed by atoms with van der Waals surface area (Å²) in [5.74, 6) is 0. The monoisotopic (exact) mass is 216 g/mol. The Balaban J connectivity index is 2.19. The third-order valence-corrected chi connectivity index (χ3v) is 2.57. The van der Waals surface area contributed by atoms with Crippen LogP contribution in [0.4, 0.5) is 0 Å². The van der Waals surface area contributed by atoms with Crippen molar-refractivity contribution in [2.45, 2.75) is 12.6 Å². The van der Waals surface area contributed by atoms with Crippen molar-refractivity contribution in [3.8, 4) is 0 Å². The van der Waals surface area contributed by atoms with Gasteiger partial charge in [-0.05, 0) is 5.56 Å². The molecule has 0 fully saturated rings. The number of hydrogen-bond acceptors (Lipinski definition) is 3. The SMILES string of the molecule is NCC(N)c1cncn1Cc1ccccc1. The summed E-state index contributed by atoms with van der Waals surface area (Å²) in [6.07, 6.45) is 3.57. The van der Waals surface area contributed by atoms with Gasteiger partial charge in [-0.2, -0.15) is 0 Å². The van der Waals surface area contributed by atoms with Gasteiger partial charge in [0.2, 0.25) is 0 Å². The molecule has 0 saturated carbocycles. The molecule has 0 bridgehead atoms. The predicted octanol–water partition coefficient (Wildman–Crippen LogP) is 0.890. The molecule has 16 heavy (non-hydrogen) atoms. The lowest BCUT2D eigenvalue weighted by molar-refractivity contribution is 0.641. The predicted molar refractivity (Wildman–Crippen MR) is 63.8 cm³/mol. The van der Waals surface area contributed by atoms with Gasteiger partial charge < -0.3 is 16.0 Å². The van der Waals surface area contributed by atoms with E-state index in [0.29, 0.717) is 6.54 Å². The molecule has 0 radical (unpaired) electrons. The standard InChI is InChI=1S/C12H16N4/c13-6-11(14)12-7-15-9-16(12)8-10-4-2-1-3-5-10/h1-5,7,9,11H,6,8,13-14H2. The zero-order valence-corrected chi connectivity index (χ0v) is 9.08. The third kappa shape index (κ3) is 2.29. The Labute approximate surface area is 94.9 Å². The summed E-state index contributed by atoms with van der Waals surface area (Å²) in [5, 5.41) is 0. The molecule has 1 unspecified atom stereocenters. The highest BCUT2D eigenvalue weighted by atomic mass is 15.1. The normalized spacial score (nSPS) is 12.6. The number of rotatable bonds is 4. The summed E-state index contributed by atoms with van der Waals surface area (Å²) in [7, 11) is 0. The molecule has 2 rings (SSSR count). The molecular weight excluding hydrogens is 200 g/mol. The summed E-state index contributed by atoms with van der Waals surface area (Å²) in [5.41, 5.74) is 13.7. The smallest absolute Gasteiger partial charge is 0.0951 e. The summed E-state index contributed by atoms with van der Waals surface area (Å²) in [6.45, 7) is 1.21. The maximum atomic E-state index is 5.91. The van der Waals surface area contributed by atoms with Crippen LogP contribution >= 0.6 is 0 Å². The van der Waals surface area contributed by atoms with E-state index in [1.165, 1.54) is 5.56 Å². The highest BCUT2D eigenvalue weighted by molar-refractivity contribution is 5.17. The largest absolute Gasteiger partial charge is 0.329 e. The molecule has 4 heteroatoms. The van der Waals surface area contributed by atoms with Gasteiger partial charge in [0.05, 0.1) is 18.1 Å².